The van der Waals surface area contributed by atoms with Gasteiger partial charge in [-0.3, -0.25) is 4.57 Å². The van der Waals surface area contributed by atoms with E-state index in [0.717, 1.165) is 9.75 Å². The average molecular weight is 300 g/mol. The van der Waals surface area contributed by atoms with Crippen LogP contribution in [-0.2, 0) is 6.54 Å². The molecule has 0 aliphatic rings. The average Bonchev–Trinajstić information content (AvgIpc) is 3.05. The zero-order valence-electron chi connectivity index (χ0n) is 11.1. The predicted octanol–water partition coefficient (Wildman–Crippen LogP) is 1.83. The first-order valence-corrected chi connectivity index (χ1v) is 7.22. The van der Waals surface area contributed by atoms with E-state index in [1.165, 1.54) is 15.9 Å². The molecular formula is C15H12N2O3S. The number of hydrogen-bond donors (Lipinski definition) is 1. The van der Waals surface area contributed by atoms with E-state index < -0.39 is 5.76 Å². The van der Waals surface area contributed by atoms with Gasteiger partial charge in [0, 0.05) is 17.5 Å². The van der Waals surface area contributed by atoms with E-state index >= 15 is 0 Å². The number of hydrogen-bond acceptors (Lipinski definition) is 5. The SMILES string of the molecule is O=c1oc2cccnc2n1Cc1ccc(C#CCCO)s1. The number of nitrogens with zero attached hydrogens (tertiary/aromatic N) is 2. The molecule has 0 aliphatic carbocycles. The van der Waals surface area contributed by atoms with Crippen LogP contribution in [0, 0.1) is 11.8 Å². The van der Waals surface area contributed by atoms with Crippen LogP contribution < -0.4 is 5.76 Å². The Bertz CT molecular complexity index is 879. The molecule has 0 fully saturated rings. The molecule has 3 rings (SSSR count). The highest BCUT2D eigenvalue weighted by Crippen LogP contribution is 2.18. The third kappa shape index (κ3) is 2.89. The van der Waals surface area contributed by atoms with Gasteiger partial charge < -0.3 is 9.52 Å². The monoisotopic (exact) mass is 300 g/mol. The van der Waals surface area contributed by atoms with Gasteiger partial charge in [0.15, 0.2) is 11.2 Å². The normalized spacial score (nSPS) is 10.5. The Hall–Kier alpha value is -2.36. The maximum atomic E-state index is 11.9. The molecule has 3 aromatic heterocycles. The standard InChI is InChI=1S/C15H12N2O3S/c18-9-2-1-4-11-6-7-12(21-11)10-17-14-13(20-15(17)19)5-3-8-16-14/h3,5-8,18H,2,9-10H2. The Labute approximate surface area is 124 Å². The molecule has 0 bridgehead atoms. The van der Waals surface area contributed by atoms with E-state index in [2.05, 4.69) is 16.8 Å². The smallest absolute Gasteiger partial charge is 0.406 e. The van der Waals surface area contributed by atoms with Gasteiger partial charge in [0.25, 0.3) is 0 Å². The van der Waals surface area contributed by atoms with Crippen molar-refractivity contribution in [1.29, 1.82) is 0 Å². The molecule has 0 atom stereocenters. The molecule has 0 saturated heterocycles. The van der Waals surface area contributed by atoms with E-state index in [1.807, 2.05) is 12.1 Å². The molecule has 6 heteroatoms. The summed E-state index contributed by atoms with van der Waals surface area (Å²) in [5.41, 5.74) is 1.03. The van der Waals surface area contributed by atoms with Gasteiger partial charge >= 0.3 is 5.76 Å². The third-order valence-electron chi connectivity index (χ3n) is 2.85. The topological polar surface area (TPSA) is 68.3 Å². The Morgan fingerprint density at radius 1 is 1.38 bits per heavy atom. The molecule has 0 spiro atoms. The largest absolute Gasteiger partial charge is 0.421 e. The van der Waals surface area contributed by atoms with Gasteiger partial charge in [-0.25, -0.2) is 9.78 Å². The van der Waals surface area contributed by atoms with Crippen LogP contribution in [0.25, 0.3) is 11.2 Å². The number of thiophene rings is 1. The van der Waals surface area contributed by atoms with Gasteiger partial charge in [0.1, 0.15) is 0 Å². The molecule has 106 valence electrons. The van der Waals surface area contributed by atoms with Crippen molar-refractivity contribution < 1.29 is 9.52 Å². The molecular weight excluding hydrogens is 288 g/mol. The molecule has 0 unspecified atom stereocenters. The summed E-state index contributed by atoms with van der Waals surface area (Å²) in [6.45, 7) is 0.475. The van der Waals surface area contributed by atoms with Crippen molar-refractivity contribution in [2.24, 2.45) is 0 Å². The van der Waals surface area contributed by atoms with Crippen molar-refractivity contribution >= 4 is 22.6 Å². The number of fused-ring (bicyclic) bond motifs is 1. The van der Waals surface area contributed by atoms with Crippen LogP contribution in [0.5, 0.6) is 0 Å². The molecule has 3 heterocycles. The molecule has 0 aromatic carbocycles. The lowest BCUT2D eigenvalue weighted by Crippen LogP contribution is -2.14. The number of oxazole rings is 1. The predicted molar refractivity (Wildman–Crippen MR) is 80.3 cm³/mol. The molecule has 0 amide bonds. The summed E-state index contributed by atoms with van der Waals surface area (Å²) in [6.07, 6.45) is 2.09. The first kappa shape index (κ1) is 13.6. The third-order valence-corrected chi connectivity index (χ3v) is 3.83. The summed E-state index contributed by atoms with van der Waals surface area (Å²) in [4.78, 5) is 18.0. The highest BCUT2D eigenvalue weighted by molar-refractivity contribution is 7.12. The second kappa shape index (κ2) is 5.95. The van der Waals surface area contributed by atoms with Crippen molar-refractivity contribution in [1.82, 2.24) is 9.55 Å². The highest BCUT2D eigenvalue weighted by atomic mass is 32.1. The minimum atomic E-state index is -0.412. The van der Waals surface area contributed by atoms with Crippen LogP contribution in [0.1, 0.15) is 16.2 Å². The van der Waals surface area contributed by atoms with Gasteiger partial charge in [0.2, 0.25) is 0 Å². The zero-order valence-corrected chi connectivity index (χ0v) is 11.9. The van der Waals surface area contributed by atoms with Crippen LogP contribution in [0.3, 0.4) is 0 Å². The van der Waals surface area contributed by atoms with Crippen molar-refractivity contribution in [3.05, 3.63) is 50.8 Å². The molecule has 1 N–H and O–H groups in total. The van der Waals surface area contributed by atoms with E-state index in [1.54, 1.807) is 18.3 Å². The number of rotatable bonds is 3. The number of aliphatic hydroxyl groups excluding tert-OH is 1. The summed E-state index contributed by atoms with van der Waals surface area (Å²) in [7, 11) is 0. The minimum absolute atomic E-state index is 0.0628. The lowest BCUT2D eigenvalue weighted by atomic mass is 10.4. The molecule has 3 aromatic rings. The Morgan fingerprint density at radius 3 is 3.14 bits per heavy atom. The van der Waals surface area contributed by atoms with Crippen LogP contribution in [-0.4, -0.2) is 21.3 Å². The van der Waals surface area contributed by atoms with Crippen molar-refractivity contribution in [2.75, 3.05) is 6.61 Å². The first-order chi connectivity index (χ1) is 10.3. The Morgan fingerprint density at radius 2 is 2.29 bits per heavy atom. The lowest BCUT2D eigenvalue weighted by molar-refractivity contribution is 0.305. The van der Waals surface area contributed by atoms with Gasteiger partial charge in [-0.2, -0.15) is 0 Å². The van der Waals surface area contributed by atoms with Crippen molar-refractivity contribution in [3.63, 3.8) is 0 Å². The number of aliphatic hydroxyl groups is 1. The summed E-state index contributed by atoms with van der Waals surface area (Å²) in [6, 6.07) is 7.29. The van der Waals surface area contributed by atoms with Gasteiger partial charge in [-0.05, 0) is 24.3 Å². The molecule has 0 radical (unpaired) electrons. The van der Waals surface area contributed by atoms with Crippen LogP contribution in [0.4, 0.5) is 0 Å². The fourth-order valence-electron chi connectivity index (χ4n) is 1.93. The van der Waals surface area contributed by atoms with E-state index in [4.69, 9.17) is 9.52 Å². The Balaban J connectivity index is 1.88. The van der Waals surface area contributed by atoms with Gasteiger partial charge in [-0.15, -0.1) is 11.3 Å². The van der Waals surface area contributed by atoms with Gasteiger partial charge in [-0.1, -0.05) is 11.8 Å². The number of aromatic nitrogens is 2. The maximum absolute atomic E-state index is 11.9. The second-order valence-corrected chi connectivity index (χ2v) is 5.49. The summed E-state index contributed by atoms with van der Waals surface area (Å²) >= 11 is 1.51. The van der Waals surface area contributed by atoms with Crippen LogP contribution in [0.2, 0.25) is 0 Å². The molecule has 5 nitrogen and oxygen atoms in total. The summed E-state index contributed by atoms with van der Waals surface area (Å²) in [5.74, 6) is 5.44. The first-order valence-electron chi connectivity index (χ1n) is 6.41. The lowest BCUT2D eigenvalue weighted by Gasteiger charge is -1.97. The highest BCUT2D eigenvalue weighted by Gasteiger charge is 2.11. The molecule has 21 heavy (non-hydrogen) atoms. The maximum Gasteiger partial charge on any atom is 0.421 e. The quantitative estimate of drug-likeness (QED) is 0.749. The van der Waals surface area contributed by atoms with E-state index in [-0.39, 0.29) is 6.61 Å². The van der Waals surface area contributed by atoms with Crippen LogP contribution in [0.15, 0.2) is 39.7 Å². The second-order valence-electron chi connectivity index (χ2n) is 4.32. The van der Waals surface area contributed by atoms with E-state index in [0.29, 0.717) is 24.2 Å². The fraction of sp³-hybridized carbons (Fsp3) is 0.200. The van der Waals surface area contributed by atoms with Crippen molar-refractivity contribution in [2.45, 2.75) is 13.0 Å². The number of pyridine rings is 1. The summed E-state index contributed by atoms with van der Waals surface area (Å²) < 4.78 is 6.66. The summed E-state index contributed by atoms with van der Waals surface area (Å²) in [5, 5.41) is 8.70. The molecule has 0 aliphatic heterocycles. The minimum Gasteiger partial charge on any atom is -0.406 e. The van der Waals surface area contributed by atoms with Crippen LogP contribution >= 0.6 is 11.3 Å². The van der Waals surface area contributed by atoms with Gasteiger partial charge in [0.05, 0.1) is 18.0 Å². The fourth-order valence-corrected chi connectivity index (χ4v) is 2.80. The zero-order chi connectivity index (χ0) is 14.7. The van der Waals surface area contributed by atoms with Crippen molar-refractivity contribution in [3.8, 4) is 11.8 Å². The Kier molecular flexibility index (Phi) is 3.86. The van der Waals surface area contributed by atoms with E-state index in [9.17, 15) is 4.79 Å². The molecule has 0 saturated carbocycles.